The summed E-state index contributed by atoms with van der Waals surface area (Å²) in [6.07, 6.45) is 0.839. The zero-order valence-corrected chi connectivity index (χ0v) is 15.9. The average Bonchev–Trinajstić information content (AvgIpc) is 3.18. The molecule has 4 rings (SSSR count). The quantitative estimate of drug-likeness (QED) is 0.803. The van der Waals surface area contributed by atoms with Crippen LogP contribution in [0.5, 0.6) is 0 Å². The highest BCUT2D eigenvalue weighted by molar-refractivity contribution is 8.00. The number of thioether (sulfide) groups is 1. The highest BCUT2D eigenvalue weighted by Crippen LogP contribution is 2.39. The summed E-state index contributed by atoms with van der Waals surface area (Å²) in [7, 11) is 0. The van der Waals surface area contributed by atoms with Gasteiger partial charge in [0.05, 0.1) is 5.69 Å². The van der Waals surface area contributed by atoms with E-state index >= 15 is 0 Å². The van der Waals surface area contributed by atoms with E-state index in [0.29, 0.717) is 28.6 Å². The summed E-state index contributed by atoms with van der Waals surface area (Å²) in [5.74, 6) is -0.246. The van der Waals surface area contributed by atoms with Gasteiger partial charge >= 0.3 is 0 Å². The summed E-state index contributed by atoms with van der Waals surface area (Å²) in [5.41, 5.74) is 1.28. The van der Waals surface area contributed by atoms with E-state index in [1.165, 1.54) is 11.8 Å². The van der Waals surface area contributed by atoms with Crippen LogP contribution in [0.25, 0.3) is 0 Å². The van der Waals surface area contributed by atoms with Crippen molar-refractivity contribution in [3.05, 3.63) is 52.5 Å². The highest BCUT2D eigenvalue weighted by atomic mass is 35.5. The number of nitrogens with zero attached hydrogens (tertiary/aromatic N) is 1. The van der Waals surface area contributed by atoms with Crippen molar-refractivity contribution >= 4 is 58.2 Å². The van der Waals surface area contributed by atoms with E-state index in [-0.39, 0.29) is 17.3 Å². The number of hydrogen-bond donors (Lipinski definition) is 2. The Morgan fingerprint density at radius 2 is 1.88 bits per heavy atom. The van der Waals surface area contributed by atoms with Crippen LogP contribution in [0.4, 0.5) is 11.4 Å². The first-order valence-electron chi connectivity index (χ1n) is 8.12. The van der Waals surface area contributed by atoms with Crippen molar-refractivity contribution in [2.45, 2.75) is 29.3 Å². The van der Waals surface area contributed by atoms with Gasteiger partial charge in [0.15, 0.2) is 5.50 Å². The van der Waals surface area contributed by atoms with E-state index < -0.39 is 6.04 Å². The third-order valence-electron chi connectivity index (χ3n) is 4.37. The van der Waals surface area contributed by atoms with Gasteiger partial charge in [-0.3, -0.25) is 14.5 Å². The Bertz CT molecular complexity index is 875. The molecular formula is C18H15Cl2N3O2S. The SMILES string of the molecule is O=C(NC1Nc2cc(Cl)ccc2S1)[C@@H]1CCC(=O)N1c1ccc(Cl)cc1. The fourth-order valence-corrected chi connectivity index (χ4v) is 4.47. The predicted octanol–water partition coefficient (Wildman–Crippen LogP) is 4.11. The Hall–Kier alpha value is -1.89. The fraction of sp³-hybridized carbons (Fsp3) is 0.222. The van der Waals surface area contributed by atoms with Crippen LogP contribution in [0, 0.1) is 0 Å². The van der Waals surface area contributed by atoms with Crippen molar-refractivity contribution in [3.63, 3.8) is 0 Å². The third kappa shape index (κ3) is 3.37. The lowest BCUT2D eigenvalue weighted by atomic mass is 10.2. The van der Waals surface area contributed by atoms with Gasteiger partial charge in [-0.2, -0.15) is 0 Å². The number of amides is 2. The second-order valence-electron chi connectivity index (χ2n) is 6.09. The molecular weight excluding hydrogens is 393 g/mol. The van der Waals surface area contributed by atoms with E-state index in [2.05, 4.69) is 10.6 Å². The molecule has 134 valence electrons. The largest absolute Gasteiger partial charge is 0.356 e. The predicted molar refractivity (Wildman–Crippen MR) is 105 cm³/mol. The van der Waals surface area contributed by atoms with E-state index in [1.54, 1.807) is 29.2 Å². The number of halogens is 2. The Morgan fingerprint density at radius 3 is 2.65 bits per heavy atom. The van der Waals surface area contributed by atoms with E-state index in [1.807, 2.05) is 18.2 Å². The fourth-order valence-electron chi connectivity index (χ4n) is 3.16. The molecule has 0 aliphatic carbocycles. The Morgan fingerprint density at radius 1 is 1.15 bits per heavy atom. The lowest BCUT2D eigenvalue weighted by molar-refractivity contribution is -0.124. The summed E-state index contributed by atoms with van der Waals surface area (Å²) in [5, 5.41) is 7.42. The normalized spacial score (nSPS) is 21.5. The number of hydrogen-bond acceptors (Lipinski definition) is 4. The summed E-state index contributed by atoms with van der Waals surface area (Å²) < 4.78 is 0. The van der Waals surface area contributed by atoms with Crippen LogP contribution in [0.15, 0.2) is 47.4 Å². The van der Waals surface area contributed by atoms with E-state index in [4.69, 9.17) is 23.2 Å². The van der Waals surface area contributed by atoms with Crippen molar-refractivity contribution in [2.24, 2.45) is 0 Å². The molecule has 5 nitrogen and oxygen atoms in total. The van der Waals surface area contributed by atoms with Crippen LogP contribution in [0.2, 0.25) is 10.0 Å². The first-order chi connectivity index (χ1) is 12.5. The topological polar surface area (TPSA) is 61.4 Å². The number of benzene rings is 2. The maximum Gasteiger partial charge on any atom is 0.245 e. The van der Waals surface area contributed by atoms with Gasteiger partial charge in [0.2, 0.25) is 11.8 Å². The van der Waals surface area contributed by atoms with Gasteiger partial charge in [-0.05, 0) is 48.9 Å². The summed E-state index contributed by atoms with van der Waals surface area (Å²) >= 11 is 13.4. The average molecular weight is 408 g/mol. The van der Waals surface area contributed by atoms with Crippen LogP contribution in [0.1, 0.15) is 12.8 Å². The second kappa shape index (κ2) is 7.02. The van der Waals surface area contributed by atoms with Gasteiger partial charge < -0.3 is 10.6 Å². The molecule has 2 heterocycles. The zero-order valence-electron chi connectivity index (χ0n) is 13.5. The molecule has 2 aromatic rings. The van der Waals surface area contributed by atoms with Crippen LogP contribution in [-0.4, -0.2) is 23.4 Å². The van der Waals surface area contributed by atoms with Gasteiger partial charge in [-0.15, -0.1) is 0 Å². The zero-order chi connectivity index (χ0) is 18.3. The van der Waals surface area contributed by atoms with Crippen LogP contribution < -0.4 is 15.5 Å². The van der Waals surface area contributed by atoms with Gasteiger partial charge in [-0.25, -0.2) is 0 Å². The molecule has 2 N–H and O–H groups in total. The summed E-state index contributed by atoms with van der Waals surface area (Å²) in [6.45, 7) is 0. The van der Waals surface area contributed by atoms with Crippen molar-refractivity contribution < 1.29 is 9.59 Å². The minimum Gasteiger partial charge on any atom is -0.356 e. The summed E-state index contributed by atoms with van der Waals surface area (Å²) in [6, 6.07) is 12.0. The van der Waals surface area contributed by atoms with Crippen LogP contribution >= 0.6 is 35.0 Å². The highest BCUT2D eigenvalue weighted by Gasteiger charge is 2.38. The second-order valence-corrected chi connectivity index (χ2v) is 8.11. The Labute approximate surface area is 165 Å². The lowest BCUT2D eigenvalue weighted by Gasteiger charge is -2.25. The number of carbonyl (C=O) groups excluding carboxylic acids is 2. The maximum absolute atomic E-state index is 12.8. The van der Waals surface area contributed by atoms with Gasteiger partial charge in [0, 0.05) is 27.0 Å². The van der Waals surface area contributed by atoms with Crippen molar-refractivity contribution in [3.8, 4) is 0 Å². The molecule has 0 aromatic heterocycles. The molecule has 2 amide bonds. The molecule has 2 atom stereocenters. The number of fused-ring (bicyclic) bond motifs is 1. The molecule has 26 heavy (non-hydrogen) atoms. The van der Waals surface area contributed by atoms with Crippen molar-refractivity contribution in [1.29, 1.82) is 0 Å². The van der Waals surface area contributed by atoms with Gasteiger partial charge in [0.25, 0.3) is 0 Å². The molecule has 1 fully saturated rings. The number of nitrogens with one attached hydrogen (secondary N) is 2. The Kier molecular flexibility index (Phi) is 4.73. The molecule has 0 radical (unpaired) electrons. The summed E-state index contributed by atoms with van der Waals surface area (Å²) in [4.78, 5) is 27.7. The van der Waals surface area contributed by atoms with Crippen molar-refractivity contribution in [2.75, 3.05) is 10.2 Å². The molecule has 0 spiro atoms. The van der Waals surface area contributed by atoms with Crippen molar-refractivity contribution in [1.82, 2.24) is 5.32 Å². The monoisotopic (exact) mass is 407 g/mol. The van der Waals surface area contributed by atoms with Gasteiger partial charge in [0.1, 0.15) is 6.04 Å². The molecule has 2 aromatic carbocycles. The number of carbonyl (C=O) groups is 2. The molecule has 1 unspecified atom stereocenters. The minimum atomic E-state index is -0.529. The van der Waals surface area contributed by atoms with E-state index in [0.717, 1.165) is 10.6 Å². The smallest absolute Gasteiger partial charge is 0.245 e. The molecule has 0 bridgehead atoms. The lowest BCUT2D eigenvalue weighted by Crippen LogP contribution is -2.48. The first-order valence-corrected chi connectivity index (χ1v) is 9.75. The minimum absolute atomic E-state index is 0.0606. The number of rotatable bonds is 3. The molecule has 2 aliphatic heterocycles. The van der Waals surface area contributed by atoms with Crippen LogP contribution in [0.3, 0.4) is 0 Å². The molecule has 2 aliphatic rings. The first kappa shape index (κ1) is 17.5. The van der Waals surface area contributed by atoms with Gasteiger partial charge in [-0.1, -0.05) is 35.0 Å². The van der Waals surface area contributed by atoms with E-state index in [9.17, 15) is 9.59 Å². The molecule has 1 saturated heterocycles. The van der Waals surface area contributed by atoms with Crippen LogP contribution in [-0.2, 0) is 9.59 Å². The molecule has 8 heteroatoms. The third-order valence-corrected chi connectivity index (χ3v) is 5.93. The maximum atomic E-state index is 12.8. The standard InChI is InChI=1S/C18H15Cl2N3O2S/c19-10-1-4-12(5-2-10)23-14(6-8-16(23)24)17(25)22-18-21-13-9-11(20)3-7-15(13)26-18/h1-5,7,9,14,18,21H,6,8H2,(H,22,25)/t14-,18?/m0/s1. The number of anilines is 2. The Balaban J connectivity index is 1.47. The molecule has 0 saturated carbocycles.